The van der Waals surface area contributed by atoms with Gasteiger partial charge in [0.05, 0.1) is 18.6 Å². The maximum absolute atomic E-state index is 13.1. The van der Waals surface area contributed by atoms with Gasteiger partial charge in [-0.25, -0.2) is 0 Å². The second-order valence-corrected chi connectivity index (χ2v) is 5.77. The van der Waals surface area contributed by atoms with Gasteiger partial charge in [-0.3, -0.25) is 4.79 Å². The van der Waals surface area contributed by atoms with Gasteiger partial charge in [-0.2, -0.15) is 0 Å². The SMILES string of the molecule is CC(CC1OCCO1)(C(=O)c1ccccc1)c1ccccc1. The quantitative estimate of drug-likeness (QED) is 0.791. The zero-order valence-electron chi connectivity index (χ0n) is 12.7. The summed E-state index contributed by atoms with van der Waals surface area (Å²) in [6, 6.07) is 19.3. The molecule has 2 aromatic carbocycles. The number of benzene rings is 2. The number of rotatable bonds is 5. The van der Waals surface area contributed by atoms with Crippen LogP contribution in [0.4, 0.5) is 0 Å². The minimum atomic E-state index is -0.669. The first-order chi connectivity index (χ1) is 10.7. The summed E-state index contributed by atoms with van der Waals surface area (Å²) in [5.41, 5.74) is 1.03. The van der Waals surface area contributed by atoms with E-state index >= 15 is 0 Å². The predicted octanol–water partition coefficient (Wildman–Crippen LogP) is 3.59. The van der Waals surface area contributed by atoms with Crippen LogP contribution in [0.1, 0.15) is 29.3 Å². The molecular weight excluding hydrogens is 276 g/mol. The first kappa shape index (κ1) is 14.9. The van der Waals surface area contributed by atoms with Gasteiger partial charge in [0, 0.05) is 12.0 Å². The van der Waals surface area contributed by atoms with Crippen molar-refractivity contribution in [3.8, 4) is 0 Å². The van der Waals surface area contributed by atoms with E-state index in [0.29, 0.717) is 25.2 Å². The number of ether oxygens (including phenoxy) is 2. The van der Waals surface area contributed by atoms with Crippen molar-refractivity contribution in [1.29, 1.82) is 0 Å². The molecule has 22 heavy (non-hydrogen) atoms. The fourth-order valence-electron chi connectivity index (χ4n) is 2.91. The molecule has 1 saturated heterocycles. The number of carbonyl (C=O) groups is 1. The number of hydrogen-bond acceptors (Lipinski definition) is 3. The number of carbonyl (C=O) groups excluding carboxylic acids is 1. The minimum Gasteiger partial charge on any atom is -0.350 e. The van der Waals surface area contributed by atoms with Crippen LogP contribution >= 0.6 is 0 Å². The molecule has 1 heterocycles. The summed E-state index contributed by atoms with van der Waals surface area (Å²) in [4.78, 5) is 13.1. The molecule has 1 atom stereocenters. The van der Waals surface area contributed by atoms with Crippen LogP contribution in [0.15, 0.2) is 60.7 Å². The lowest BCUT2D eigenvalue weighted by Gasteiger charge is -2.30. The van der Waals surface area contributed by atoms with E-state index in [0.717, 1.165) is 5.56 Å². The zero-order valence-corrected chi connectivity index (χ0v) is 12.7. The van der Waals surface area contributed by atoms with E-state index in [-0.39, 0.29) is 12.1 Å². The van der Waals surface area contributed by atoms with E-state index < -0.39 is 5.41 Å². The summed E-state index contributed by atoms with van der Waals surface area (Å²) in [6.45, 7) is 3.16. The van der Waals surface area contributed by atoms with Crippen molar-refractivity contribution in [2.75, 3.05) is 13.2 Å². The molecule has 0 aromatic heterocycles. The first-order valence-electron chi connectivity index (χ1n) is 7.59. The minimum absolute atomic E-state index is 0.0957. The Kier molecular flexibility index (Phi) is 4.36. The van der Waals surface area contributed by atoms with Crippen LogP contribution in [-0.2, 0) is 14.9 Å². The van der Waals surface area contributed by atoms with E-state index in [4.69, 9.17) is 9.47 Å². The lowest BCUT2D eigenvalue weighted by molar-refractivity contribution is -0.0571. The summed E-state index contributed by atoms with van der Waals surface area (Å²) in [5, 5.41) is 0. The third kappa shape index (κ3) is 2.96. The van der Waals surface area contributed by atoms with Crippen molar-refractivity contribution < 1.29 is 14.3 Å². The van der Waals surface area contributed by atoms with Crippen LogP contribution in [0.5, 0.6) is 0 Å². The Balaban J connectivity index is 1.96. The van der Waals surface area contributed by atoms with Gasteiger partial charge < -0.3 is 9.47 Å². The first-order valence-corrected chi connectivity index (χ1v) is 7.59. The molecule has 0 radical (unpaired) electrons. The third-order valence-corrected chi connectivity index (χ3v) is 4.21. The molecule has 0 amide bonds. The molecule has 2 aromatic rings. The molecule has 3 heteroatoms. The molecule has 0 saturated carbocycles. The lowest BCUT2D eigenvalue weighted by atomic mass is 9.73. The van der Waals surface area contributed by atoms with Crippen LogP contribution in [0.3, 0.4) is 0 Å². The van der Waals surface area contributed by atoms with Crippen LogP contribution < -0.4 is 0 Å². The van der Waals surface area contributed by atoms with Crippen molar-refractivity contribution >= 4 is 5.78 Å². The normalized spacial score (nSPS) is 18.0. The van der Waals surface area contributed by atoms with E-state index in [2.05, 4.69) is 0 Å². The molecule has 3 nitrogen and oxygen atoms in total. The Labute approximate surface area is 130 Å². The summed E-state index contributed by atoms with van der Waals surface area (Å²) in [6.07, 6.45) is 0.197. The molecule has 0 N–H and O–H groups in total. The van der Waals surface area contributed by atoms with E-state index in [9.17, 15) is 4.79 Å². The Morgan fingerprint density at radius 1 is 1.00 bits per heavy atom. The second kappa shape index (κ2) is 6.42. The average molecular weight is 296 g/mol. The molecule has 0 bridgehead atoms. The summed E-state index contributed by atoms with van der Waals surface area (Å²) < 4.78 is 11.2. The van der Waals surface area contributed by atoms with Crippen LogP contribution in [-0.4, -0.2) is 25.3 Å². The number of hydrogen-bond donors (Lipinski definition) is 0. The Bertz CT molecular complexity index is 618. The van der Waals surface area contributed by atoms with Gasteiger partial charge in [-0.15, -0.1) is 0 Å². The molecule has 1 unspecified atom stereocenters. The predicted molar refractivity (Wildman–Crippen MR) is 84.9 cm³/mol. The molecule has 1 aliphatic rings. The van der Waals surface area contributed by atoms with Crippen LogP contribution in [0.25, 0.3) is 0 Å². The Hall–Kier alpha value is -1.97. The fourth-order valence-corrected chi connectivity index (χ4v) is 2.91. The maximum Gasteiger partial charge on any atom is 0.173 e. The van der Waals surface area contributed by atoms with E-state index in [1.807, 2.05) is 67.6 Å². The maximum atomic E-state index is 13.1. The molecule has 0 spiro atoms. The molecule has 3 rings (SSSR count). The monoisotopic (exact) mass is 296 g/mol. The average Bonchev–Trinajstić information content (AvgIpc) is 3.08. The standard InChI is InChI=1S/C19H20O3/c1-19(14-17-21-12-13-22-17,16-10-6-3-7-11-16)18(20)15-8-4-2-5-9-15/h2-11,17H,12-14H2,1H3. The second-order valence-electron chi connectivity index (χ2n) is 5.77. The topological polar surface area (TPSA) is 35.5 Å². The number of Topliss-reactive ketones (excluding diaryl/α,β-unsaturated/α-hetero) is 1. The van der Waals surface area contributed by atoms with Gasteiger partial charge in [-0.1, -0.05) is 60.7 Å². The van der Waals surface area contributed by atoms with Gasteiger partial charge in [0.2, 0.25) is 0 Å². The van der Waals surface area contributed by atoms with Crippen molar-refractivity contribution in [3.63, 3.8) is 0 Å². The van der Waals surface area contributed by atoms with Gasteiger partial charge >= 0.3 is 0 Å². The Morgan fingerprint density at radius 2 is 1.55 bits per heavy atom. The van der Waals surface area contributed by atoms with Gasteiger partial charge in [0.1, 0.15) is 0 Å². The lowest BCUT2D eigenvalue weighted by Crippen LogP contribution is -2.37. The highest BCUT2D eigenvalue weighted by Gasteiger charge is 2.39. The third-order valence-electron chi connectivity index (χ3n) is 4.21. The van der Waals surface area contributed by atoms with Crippen molar-refractivity contribution in [1.82, 2.24) is 0 Å². The molecular formula is C19H20O3. The van der Waals surface area contributed by atoms with Gasteiger partial charge in [0.15, 0.2) is 12.1 Å². The Morgan fingerprint density at radius 3 is 2.14 bits per heavy atom. The highest BCUT2D eigenvalue weighted by atomic mass is 16.7. The largest absolute Gasteiger partial charge is 0.350 e. The van der Waals surface area contributed by atoms with E-state index in [1.165, 1.54) is 0 Å². The smallest absolute Gasteiger partial charge is 0.173 e. The molecule has 0 aliphatic carbocycles. The highest BCUT2D eigenvalue weighted by molar-refractivity contribution is 6.03. The van der Waals surface area contributed by atoms with Gasteiger partial charge in [-0.05, 0) is 12.5 Å². The molecule has 114 valence electrons. The van der Waals surface area contributed by atoms with Crippen LogP contribution in [0, 0.1) is 0 Å². The van der Waals surface area contributed by atoms with Crippen molar-refractivity contribution in [2.45, 2.75) is 25.0 Å². The van der Waals surface area contributed by atoms with E-state index in [1.54, 1.807) is 0 Å². The molecule has 1 aliphatic heterocycles. The van der Waals surface area contributed by atoms with Crippen molar-refractivity contribution in [3.05, 3.63) is 71.8 Å². The summed E-state index contributed by atoms with van der Waals surface area (Å²) in [7, 11) is 0. The molecule has 1 fully saturated rings. The highest BCUT2D eigenvalue weighted by Crippen LogP contribution is 2.34. The summed E-state index contributed by atoms with van der Waals surface area (Å²) in [5.74, 6) is 0.0957. The number of ketones is 1. The van der Waals surface area contributed by atoms with Crippen LogP contribution in [0.2, 0.25) is 0 Å². The zero-order chi connectivity index (χ0) is 15.4. The fraction of sp³-hybridized carbons (Fsp3) is 0.316. The van der Waals surface area contributed by atoms with Gasteiger partial charge in [0.25, 0.3) is 0 Å². The van der Waals surface area contributed by atoms with Crippen molar-refractivity contribution in [2.24, 2.45) is 0 Å². The summed E-state index contributed by atoms with van der Waals surface area (Å²) >= 11 is 0.